The first kappa shape index (κ1) is 15.3. The van der Waals surface area contributed by atoms with Crippen LogP contribution in [-0.2, 0) is 14.4 Å². The lowest BCUT2D eigenvalue weighted by Gasteiger charge is -2.18. The summed E-state index contributed by atoms with van der Waals surface area (Å²) < 4.78 is 5.53. The molecule has 122 valence electrons. The van der Waals surface area contributed by atoms with Crippen LogP contribution in [0, 0.1) is 0 Å². The Bertz CT molecular complexity index is 646. The topological polar surface area (TPSA) is 70.2 Å². The van der Waals surface area contributed by atoms with Gasteiger partial charge in [-0.05, 0) is 18.6 Å². The molecule has 2 heterocycles. The zero-order valence-electron chi connectivity index (χ0n) is 13.0. The lowest BCUT2D eigenvalue weighted by atomic mass is 10.3. The molecule has 7 heteroatoms. The van der Waals surface area contributed by atoms with Crippen LogP contribution in [0.1, 0.15) is 12.8 Å². The van der Waals surface area contributed by atoms with E-state index in [-0.39, 0.29) is 30.9 Å². The molecule has 0 spiro atoms. The first-order valence-corrected chi connectivity index (χ1v) is 7.59. The van der Waals surface area contributed by atoms with E-state index in [9.17, 15) is 14.4 Å². The van der Waals surface area contributed by atoms with E-state index in [2.05, 4.69) is 0 Å². The molecule has 0 aromatic heterocycles. The SMILES string of the molecule is CN1CN(C(=O)COc2cccc(N3CCCC3=O)c2)CC1=O. The highest BCUT2D eigenvalue weighted by molar-refractivity contribution is 5.95. The van der Waals surface area contributed by atoms with E-state index in [0.29, 0.717) is 25.4 Å². The van der Waals surface area contributed by atoms with Crippen LogP contribution in [0.4, 0.5) is 5.69 Å². The second kappa shape index (κ2) is 6.28. The van der Waals surface area contributed by atoms with Crippen molar-refractivity contribution in [3.8, 4) is 5.75 Å². The zero-order chi connectivity index (χ0) is 16.4. The Morgan fingerprint density at radius 2 is 2.09 bits per heavy atom. The van der Waals surface area contributed by atoms with Crippen molar-refractivity contribution in [1.82, 2.24) is 9.80 Å². The second-order valence-electron chi connectivity index (χ2n) is 5.76. The molecule has 0 N–H and O–H groups in total. The molecule has 0 bridgehead atoms. The van der Waals surface area contributed by atoms with Crippen LogP contribution < -0.4 is 9.64 Å². The van der Waals surface area contributed by atoms with Crippen molar-refractivity contribution in [3.63, 3.8) is 0 Å². The lowest BCUT2D eigenvalue weighted by molar-refractivity contribution is -0.133. The van der Waals surface area contributed by atoms with Gasteiger partial charge in [0.2, 0.25) is 11.8 Å². The van der Waals surface area contributed by atoms with E-state index in [1.165, 1.54) is 9.80 Å². The summed E-state index contributed by atoms with van der Waals surface area (Å²) >= 11 is 0. The molecule has 1 aromatic carbocycles. The van der Waals surface area contributed by atoms with Gasteiger partial charge in [-0.25, -0.2) is 0 Å². The van der Waals surface area contributed by atoms with Gasteiger partial charge in [-0.1, -0.05) is 6.07 Å². The number of nitrogens with zero attached hydrogens (tertiary/aromatic N) is 3. The van der Waals surface area contributed by atoms with Gasteiger partial charge in [-0.15, -0.1) is 0 Å². The number of ether oxygens (including phenoxy) is 1. The third-order valence-corrected chi connectivity index (χ3v) is 4.05. The molecule has 2 aliphatic rings. The monoisotopic (exact) mass is 317 g/mol. The van der Waals surface area contributed by atoms with Crippen LogP contribution >= 0.6 is 0 Å². The number of hydrogen-bond acceptors (Lipinski definition) is 4. The van der Waals surface area contributed by atoms with Crippen molar-refractivity contribution >= 4 is 23.4 Å². The first-order valence-electron chi connectivity index (χ1n) is 7.59. The van der Waals surface area contributed by atoms with E-state index >= 15 is 0 Å². The summed E-state index contributed by atoms with van der Waals surface area (Å²) in [5, 5.41) is 0. The van der Waals surface area contributed by atoms with Crippen molar-refractivity contribution in [2.24, 2.45) is 0 Å². The molecule has 0 unspecified atom stereocenters. The minimum atomic E-state index is -0.231. The third kappa shape index (κ3) is 3.28. The molecule has 0 aliphatic carbocycles. The van der Waals surface area contributed by atoms with Crippen LogP contribution in [0.2, 0.25) is 0 Å². The molecule has 3 rings (SSSR count). The van der Waals surface area contributed by atoms with Gasteiger partial charge >= 0.3 is 0 Å². The van der Waals surface area contributed by atoms with Crippen molar-refractivity contribution in [2.75, 3.05) is 38.3 Å². The van der Waals surface area contributed by atoms with Gasteiger partial charge in [-0.2, -0.15) is 0 Å². The normalized spacial score (nSPS) is 18.0. The summed E-state index contributed by atoms with van der Waals surface area (Å²) in [5.74, 6) is 0.338. The van der Waals surface area contributed by atoms with Crippen LogP contribution in [-0.4, -0.2) is 60.9 Å². The fraction of sp³-hybridized carbons (Fsp3) is 0.438. The van der Waals surface area contributed by atoms with E-state index in [0.717, 1.165) is 12.1 Å². The van der Waals surface area contributed by atoms with Crippen LogP contribution in [0.3, 0.4) is 0 Å². The maximum atomic E-state index is 12.1. The molecule has 2 fully saturated rings. The predicted octanol–water partition coefficient (Wildman–Crippen LogP) is 0.450. The number of amides is 3. The van der Waals surface area contributed by atoms with Gasteiger partial charge in [0.1, 0.15) is 12.3 Å². The summed E-state index contributed by atoms with van der Waals surface area (Å²) in [6, 6.07) is 7.16. The first-order chi connectivity index (χ1) is 11.0. The highest BCUT2D eigenvalue weighted by atomic mass is 16.5. The maximum Gasteiger partial charge on any atom is 0.262 e. The number of benzene rings is 1. The summed E-state index contributed by atoms with van der Waals surface area (Å²) in [5.41, 5.74) is 0.786. The molecular weight excluding hydrogens is 298 g/mol. The smallest absolute Gasteiger partial charge is 0.262 e. The van der Waals surface area contributed by atoms with Gasteiger partial charge in [0, 0.05) is 31.8 Å². The summed E-state index contributed by atoms with van der Waals surface area (Å²) in [6.07, 6.45) is 1.43. The average molecular weight is 317 g/mol. The Morgan fingerprint density at radius 1 is 1.26 bits per heavy atom. The maximum absolute atomic E-state index is 12.1. The van der Waals surface area contributed by atoms with Gasteiger partial charge < -0.3 is 19.4 Å². The van der Waals surface area contributed by atoms with Gasteiger partial charge in [0.05, 0.1) is 6.67 Å². The standard InChI is InChI=1S/C16H19N3O4/c1-17-11-18(9-15(17)21)16(22)10-23-13-5-2-4-12(8-13)19-7-3-6-14(19)20/h2,4-5,8H,3,6-7,9-11H2,1H3. The summed E-state index contributed by atoms with van der Waals surface area (Å²) in [6.45, 7) is 0.978. The highest BCUT2D eigenvalue weighted by Gasteiger charge is 2.28. The predicted molar refractivity (Wildman–Crippen MR) is 82.9 cm³/mol. The molecule has 0 atom stereocenters. The number of carbonyl (C=O) groups excluding carboxylic acids is 3. The number of carbonyl (C=O) groups is 3. The Hall–Kier alpha value is -2.57. The molecule has 2 saturated heterocycles. The molecular formula is C16H19N3O4. The molecule has 1 aromatic rings. The second-order valence-corrected chi connectivity index (χ2v) is 5.76. The largest absolute Gasteiger partial charge is 0.484 e. The quantitative estimate of drug-likeness (QED) is 0.808. The third-order valence-electron chi connectivity index (χ3n) is 4.05. The highest BCUT2D eigenvalue weighted by Crippen LogP contribution is 2.25. The van der Waals surface area contributed by atoms with Crippen LogP contribution in [0.5, 0.6) is 5.75 Å². The Kier molecular flexibility index (Phi) is 4.18. The van der Waals surface area contributed by atoms with Gasteiger partial charge in [0.15, 0.2) is 6.61 Å². The minimum absolute atomic E-state index is 0.0760. The van der Waals surface area contributed by atoms with Crippen molar-refractivity contribution in [2.45, 2.75) is 12.8 Å². The number of anilines is 1. The van der Waals surface area contributed by atoms with Gasteiger partial charge in [0.25, 0.3) is 5.91 Å². The Balaban J connectivity index is 1.59. The van der Waals surface area contributed by atoms with Gasteiger partial charge in [-0.3, -0.25) is 14.4 Å². The average Bonchev–Trinajstić information content (AvgIpc) is 3.11. The van der Waals surface area contributed by atoms with E-state index in [4.69, 9.17) is 4.74 Å². The van der Waals surface area contributed by atoms with Crippen molar-refractivity contribution < 1.29 is 19.1 Å². The number of rotatable bonds is 4. The Labute approximate surface area is 134 Å². The number of likely N-dealkylation sites (N-methyl/N-ethyl adjacent to an activating group) is 1. The van der Waals surface area contributed by atoms with E-state index in [1.54, 1.807) is 30.1 Å². The van der Waals surface area contributed by atoms with E-state index < -0.39 is 0 Å². The lowest BCUT2D eigenvalue weighted by Crippen LogP contribution is -2.34. The number of hydrogen-bond donors (Lipinski definition) is 0. The molecule has 2 aliphatic heterocycles. The fourth-order valence-electron chi connectivity index (χ4n) is 2.73. The fourth-order valence-corrected chi connectivity index (χ4v) is 2.73. The summed E-state index contributed by atoms with van der Waals surface area (Å²) in [7, 11) is 1.66. The van der Waals surface area contributed by atoms with E-state index in [1.807, 2.05) is 6.07 Å². The van der Waals surface area contributed by atoms with Crippen LogP contribution in [0.25, 0.3) is 0 Å². The molecule has 3 amide bonds. The molecule has 0 saturated carbocycles. The van der Waals surface area contributed by atoms with Crippen LogP contribution in [0.15, 0.2) is 24.3 Å². The molecule has 23 heavy (non-hydrogen) atoms. The molecule has 0 radical (unpaired) electrons. The molecule has 7 nitrogen and oxygen atoms in total. The van der Waals surface area contributed by atoms with Crippen molar-refractivity contribution in [1.29, 1.82) is 0 Å². The Morgan fingerprint density at radius 3 is 2.74 bits per heavy atom. The summed E-state index contributed by atoms with van der Waals surface area (Å²) in [4.78, 5) is 40.0. The zero-order valence-corrected chi connectivity index (χ0v) is 13.0. The minimum Gasteiger partial charge on any atom is -0.484 e. The van der Waals surface area contributed by atoms with Crippen molar-refractivity contribution in [3.05, 3.63) is 24.3 Å².